The summed E-state index contributed by atoms with van der Waals surface area (Å²) in [7, 11) is 1.88. The number of aryl methyl sites for hydroxylation is 1. The second-order valence-electron chi connectivity index (χ2n) is 7.38. The molecule has 1 atom stereocenters. The van der Waals surface area contributed by atoms with Crippen LogP contribution in [0.15, 0.2) is 10.1 Å². The number of guanidine groups is 1. The van der Waals surface area contributed by atoms with Crippen molar-refractivity contribution >= 4 is 41.7 Å². The van der Waals surface area contributed by atoms with E-state index < -0.39 is 0 Å². The van der Waals surface area contributed by atoms with Crippen LogP contribution in [0.25, 0.3) is 0 Å². The van der Waals surface area contributed by atoms with Gasteiger partial charge in [0.25, 0.3) is 0 Å². The van der Waals surface area contributed by atoms with Gasteiger partial charge in [-0.2, -0.15) is 0 Å². The SMILES string of the molecule is CN=C(NCCCc1nnc(SC)n1CC(C)C)N1CCCC(C)C1.I. The summed E-state index contributed by atoms with van der Waals surface area (Å²) < 4.78 is 2.27. The number of aliphatic imine (C=N–C) groups is 1. The van der Waals surface area contributed by atoms with E-state index in [1.807, 2.05) is 7.05 Å². The highest BCUT2D eigenvalue weighted by Gasteiger charge is 2.19. The van der Waals surface area contributed by atoms with Gasteiger partial charge >= 0.3 is 0 Å². The molecule has 8 heteroatoms. The van der Waals surface area contributed by atoms with Gasteiger partial charge in [0.2, 0.25) is 0 Å². The molecule has 0 amide bonds. The Morgan fingerprint density at radius 3 is 2.77 bits per heavy atom. The molecule has 1 aromatic rings. The molecule has 2 rings (SSSR count). The Hall–Kier alpha value is -0.510. The number of aromatic nitrogens is 3. The van der Waals surface area contributed by atoms with Gasteiger partial charge in [-0.1, -0.05) is 32.5 Å². The van der Waals surface area contributed by atoms with Crippen LogP contribution < -0.4 is 5.32 Å². The maximum absolute atomic E-state index is 4.46. The number of nitrogens with one attached hydrogen (secondary N) is 1. The molecule has 0 aromatic carbocycles. The average molecular weight is 494 g/mol. The lowest BCUT2D eigenvalue weighted by molar-refractivity contribution is 0.266. The van der Waals surface area contributed by atoms with Crippen LogP contribution in [0.5, 0.6) is 0 Å². The van der Waals surface area contributed by atoms with E-state index in [0.717, 1.165) is 61.9 Å². The maximum atomic E-state index is 4.46. The van der Waals surface area contributed by atoms with E-state index in [9.17, 15) is 0 Å². The number of thioether (sulfide) groups is 1. The number of hydrogen-bond acceptors (Lipinski definition) is 4. The first-order valence-electron chi connectivity index (χ1n) is 9.46. The largest absolute Gasteiger partial charge is 0.356 e. The highest BCUT2D eigenvalue weighted by atomic mass is 127. The summed E-state index contributed by atoms with van der Waals surface area (Å²) in [6.07, 6.45) is 6.64. The monoisotopic (exact) mass is 494 g/mol. The lowest BCUT2D eigenvalue weighted by atomic mass is 10.0. The maximum Gasteiger partial charge on any atom is 0.193 e. The average Bonchev–Trinajstić information content (AvgIpc) is 2.96. The van der Waals surface area contributed by atoms with E-state index >= 15 is 0 Å². The first-order valence-corrected chi connectivity index (χ1v) is 10.7. The molecule has 1 saturated heterocycles. The van der Waals surface area contributed by atoms with Crippen LogP contribution >= 0.6 is 35.7 Å². The van der Waals surface area contributed by atoms with Crippen LogP contribution in [-0.4, -0.2) is 58.6 Å². The Labute approximate surface area is 180 Å². The molecular formula is C18H35IN6S. The first kappa shape index (κ1) is 23.5. The molecule has 1 unspecified atom stereocenters. The van der Waals surface area contributed by atoms with Crippen LogP contribution in [0, 0.1) is 11.8 Å². The van der Waals surface area contributed by atoms with Crippen molar-refractivity contribution in [1.82, 2.24) is 25.0 Å². The van der Waals surface area contributed by atoms with Gasteiger partial charge in [0.05, 0.1) is 0 Å². The highest BCUT2D eigenvalue weighted by molar-refractivity contribution is 14.0. The molecule has 0 radical (unpaired) electrons. The first-order chi connectivity index (χ1) is 12.0. The van der Waals surface area contributed by atoms with Crippen molar-refractivity contribution in [1.29, 1.82) is 0 Å². The zero-order chi connectivity index (χ0) is 18.2. The summed E-state index contributed by atoms with van der Waals surface area (Å²) >= 11 is 1.67. The fraction of sp³-hybridized carbons (Fsp3) is 0.833. The molecular weight excluding hydrogens is 459 g/mol. The van der Waals surface area contributed by atoms with Crippen molar-refractivity contribution in [2.45, 2.75) is 58.2 Å². The van der Waals surface area contributed by atoms with Crippen molar-refractivity contribution in [2.24, 2.45) is 16.8 Å². The van der Waals surface area contributed by atoms with Gasteiger partial charge < -0.3 is 14.8 Å². The minimum Gasteiger partial charge on any atom is -0.356 e. The fourth-order valence-corrected chi connectivity index (χ4v) is 3.89. The molecule has 1 aliphatic heterocycles. The molecule has 26 heavy (non-hydrogen) atoms. The zero-order valence-electron chi connectivity index (χ0n) is 16.9. The number of likely N-dealkylation sites (tertiary alicyclic amines) is 1. The smallest absolute Gasteiger partial charge is 0.193 e. The Balaban J connectivity index is 0.00000338. The third-order valence-corrected chi connectivity index (χ3v) is 5.22. The molecule has 150 valence electrons. The van der Waals surface area contributed by atoms with Gasteiger partial charge in [-0.3, -0.25) is 4.99 Å². The highest BCUT2D eigenvalue weighted by Crippen LogP contribution is 2.17. The molecule has 1 aromatic heterocycles. The summed E-state index contributed by atoms with van der Waals surface area (Å²) in [5.74, 6) is 3.49. The Morgan fingerprint density at radius 1 is 1.38 bits per heavy atom. The number of halogens is 1. The minimum absolute atomic E-state index is 0. The van der Waals surface area contributed by atoms with Crippen molar-refractivity contribution in [3.05, 3.63) is 5.82 Å². The van der Waals surface area contributed by atoms with Crippen molar-refractivity contribution < 1.29 is 0 Å². The zero-order valence-corrected chi connectivity index (χ0v) is 20.0. The third-order valence-electron chi connectivity index (χ3n) is 4.55. The van der Waals surface area contributed by atoms with E-state index in [0.29, 0.717) is 5.92 Å². The van der Waals surface area contributed by atoms with Crippen molar-refractivity contribution in [3.8, 4) is 0 Å². The molecule has 2 heterocycles. The van der Waals surface area contributed by atoms with Gasteiger partial charge in [-0.15, -0.1) is 34.2 Å². The molecule has 1 N–H and O–H groups in total. The summed E-state index contributed by atoms with van der Waals surface area (Å²) in [4.78, 5) is 6.85. The number of piperidine rings is 1. The van der Waals surface area contributed by atoms with Gasteiger partial charge in [-0.25, -0.2) is 0 Å². The van der Waals surface area contributed by atoms with E-state index in [4.69, 9.17) is 0 Å². The lowest BCUT2D eigenvalue weighted by Gasteiger charge is -2.33. The number of rotatable bonds is 7. The van der Waals surface area contributed by atoms with E-state index in [1.54, 1.807) is 11.8 Å². The second kappa shape index (κ2) is 12.0. The molecule has 0 bridgehead atoms. The molecule has 1 fully saturated rings. The molecule has 6 nitrogen and oxygen atoms in total. The minimum atomic E-state index is 0. The summed E-state index contributed by atoms with van der Waals surface area (Å²) in [6.45, 7) is 10.9. The van der Waals surface area contributed by atoms with E-state index in [1.165, 1.54) is 12.8 Å². The predicted octanol–water partition coefficient (Wildman–Crippen LogP) is 3.51. The molecule has 1 aliphatic rings. The molecule has 0 saturated carbocycles. The van der Waals surface area contributed by atoms with Crippen LogP contribution in [0.4, 0.5) is 0 Å². The Kier molecular flexibility index (Phi) is 10.9. The van der Waals surface area contributed by atoms with Crippen LogP contribution in [0.1, 0.15) is 45.9 Å². The summed E-state index contributed by atoms with van der Waals surface area (Å²) in [6, 6.07) is 0. The van der Waals surface area contributed by atoms with Crippen molar-refractivity contribution in [3.63, 3.8) is 0 Å². The van der Waals surface area contributed by atoms with Crippen LogP contribution in [-0.2, 0) is 13.0 Å². The standard InChI is InChI=1S/C18H34N6S.HI/c1-14(2)12-24-16(21-22-18(24)25-5)9-6-10-20-17(19-4)23-11-7-8-15(3)13-23;/h14-15H,6-13H2,1-5H3,(H,19,20);1H. The normalized spacial score (nSPS) is 18.2. The summed E-state index contributed by atoms with van der Waals surface area (Å²) in [5, 5.41) is 13.3. The van der Waals surface area contributed by atoms with Gasteiger partial charge in [0.1, 0.15) is 5.82 Å². The fourth-order valence-electron chi connectivity index (χ4n) is 3.36. The third kappa shape index (κ3) is 6.90. The quantitative estimate of drug-likeness (QED) is 0.207. The Bertz CT molecular complexity index is 560. The molecule has 0 spiro atoms. The Morgan fingerprint density at radius 2 is 2.15 bits per heavy atom. The van der Waals surface area contributed by atoms with Crippen LogP contribution in [0.3, 0.4) is 0 Å². The van der Waals surface area contributed by atoms with E-state index in [-0.39, 0.29) is 24.0 Å². The van der Waals surface area contributed by atoms with E-state index in [2.05, 4.69) is 57.0 Å². The second-order valence-corrected chi connectivity index (χ2v) is 8.15. The van der Waals surface area contributed by atoms with Gasteiger partial charge in [-0.05, 0) is 37.4 Å². The summed E-state index contributed by atoms with van der Waals surface area (Å²) in [5.41, 5.74) is 0. The topological polar surface area (TPSA) is 58.3 Å². The van der Waals surface area contributed by atoms with Gasteiger partial charge in [0.15, 0.2) is 11.1 Å². The van der Waals surface area contributed by atoms with Crippen molar-refractivity contribution in [2.75, 3.05) is 32.9 Å². The molecule has 0 aliphatic carbocycles. The predicted molar refractivity (Wildman–Crippen MR) is 122 cm³/mol. The van der Waals surface area contributed by atoms with Gasteiger partial charge in [0, 0.05) is 39.6 Å². The number of nitrogens with zero attached hydrogens (tertiary/aromatic N) is 5. The van der Waals surface area contributed by atoms with Crippen LogP contribution in [0.2, 0.25) is 0 Å². The lowest BCUT2D eigenvalue weighted by Crippen LogP contribution is -2.46. The number of hydrogen-bond donors (Lipinski definition) is 1.